The van der Waals surface area contributed by atoms with Crippen molar-refractivity contribution in [2.75, 3.05) is 0 Å². The van der Waals surface area contributed by atoms with Crippen LogP contribution in [-0.4, -0.2) is 10.8 Å². The molecule has 0 radical (unpaired) electrons. The summed E-state index contributed by atoms with van der Waals surface area (Å²) in [6.07, 6.45) is 1.36. The first-order valence-electron chi connectivity index (χ1n) is 9.57. The fraction of sp³-hybridized carbons (Fsp3) is 0.200. The highest BCUT2D eigenvalue weighted by Crippen LogP contribution is 2.44. The molecule has 3 aromatic carbocycles. The lowest BCUT2D eigenvalue weighted by Crippen LogP contribution is -2.28. The summed E-state index contributed by atoms with van der Waals surface area (Å²) in [5, 5.41) is 3.34. The predicted molar refractivity (Wildman–Crippen MR) is 119 cm³/mol. The number of hydrogen-bond donors (Lipinski definition) is 0. The molecule has 0 aliphatic heterocycles. The zero-order chi connectivity index (χ0) is 19.5. The van der Waals surface area contributed by atoms with Gasteiger partial charge in [-0.2, -0.15) is 0 Å². The van der Waals surface area contributed by atoms with E-state index in [1.54, 1.807) is 0 Å². The van der Waals surface area contributed by atoms with Crippen molar-refractivity contribution in [2.24, 2.45) is 5.41 Å². The molecule has 28 heavy (non-hydrogen) atoms. The molecule has 1 aliphatic carbocycles. The highest BCUT2D eigenvalue weighted by Gasteiger charge is 2.35. The van der Waals surface area contributed by atoms with Gasteiger partial charge in [0.1, 0.15) is 0 Å². The lowest BCUT2D eigenvalue weighted by molar-refractivity contribution is 0.0911. The molecule has 0 bridgehead atoms. The van der Waals surface area contributed by atoms with Crippen molar-refractivity contribution in [1.82, 2.24) is 4.98 Å². The number of pyridine rings is 1. The average Bonchev–Trinajstić information content (AvgIpc) is 2.66. The van der Waals surface area contributed by atoms with E-state index in [1.807, 2.05) is 24.3 Å². The second-order valence-electron chi connectivity index (χ2n) is 8.41. The summed E-state index contributed by atoms with van der Waals surface area (Å²) in [6, 6.07) is 20.7. The van der Waals surface area contributed by atoms with Crippen LogP contribution in [-0.2, 0) is 6.42 Å². The van der Waals surface area contributed by atoms with Gasteiger partial charge in [0.25, 0.3) is 0 Å². The van der Waals surface area contributed by atoms with Gasteiger partial charge >= 0.3 is 0 Å². The Morgan fingerprint density at radius 2 is 1.61 bits per heavy atom. The van der Waals surface area contributed by atoms with Crippen molar-refractivity contribution in [3.63, 3.8) is 0 Å². The Balaban J connectivity index is 1.98. The SMILES string of the molecule is CC1(C)CC(=O)c2c(nc3c(ccc4ccccc43)c2-c2ccccc2Br)C1. The lowest BCUT2D eigenvalue weighted by Gasteiger charge is -2.31. The van der Waals surface area contributed by atoms with Crippen LogP contribution in [0, 0.1) is 5.41 Å². The van der Waals surface area contributed by atoms with Gasteiger partial charge in [-0.1, -0.05) is 84.4 Å². The van der Waals surface area contributed by atoms with Crippen LogP contribution in [0.15, 0.2) is 65.1 Å². The number of ketones is 1. The van der Waals surface area contributed by atoms with Gasteiger partial charge in [0.15, 0.2) is 5.78 Å². The molecule has 0 atom stereocenters. The van der Waals surface area contributed by atoms with Crippen LogP contribution < -0.4 is 0 Å². The molecule has 1 aliphatic rings. The number of rotatable bonds is 1. The molecule has 0 N–H and O–H groups in total. The molecule has 0 fully saturated rings. The second-order valence-corrected chi connectivity index (χ2v) is 9.27. The van der Waals surface area contributed by atoms with Gasteiger partial charge in [0.2, 0.25) is 0 Å². The number of carbonyl (C=O) groups is 1. The summed E-state index contributed by atoms with van der Waals surface area (Å²) >= 11 is 3.71. The molecule has 0 saturated carbocycles. The number of hydrogen-bond acceptors (Lipinski definition) is 2. The molecule has 0 unspecified atom stereocenters. The average molecular weight is 430 g/mol. The molecular formula is C25H20BrNO. The smallest absolute Gasteiger partial charge is 0.165 e. The minimum absolute atomic E-state index is 0.0689. The number of benzene rings is 3. The molecule has 4 aromatic rings. The van der Waals surface area contributed by atoms with Crippen molar-refractivity contribution < 1.29 is 4.79 Å². The van der Waals surface area contributed by atoms with E-state index < -0.39 is 0 Å². The zero-order valence-corrected chi connectivity index (χ0v) is 17.5. The monoisotopic (exact) mass is 429 g/mol. The Kier molecular flexibility index (Phi) is 3.92. The summed E-state index contributed by atoms with van der Waals surface area (Å²) in [5.41, 5.74) is 4.70. The molecule has 0 amide bonds. The molecule has 0 spiro atoms. The van der Waals surface area contributed by atoms with Crippen molar-refractivity contribution in [2.45, 2.75) is 26.7 Å². The van der Waals surface area contributed by atoms with E-state index in [0.717, 1.165) is 49.6 Å². The highest BCUT2D eigenvalue weighted by molar-refractivity contribution is 9.10. The molecule has 1 aromatic heterocycles. The quantitative estimate of drug-likeness (QED) is 0.305. The minimum atomic E-state index is -0.0689. The number of fused-ring (bicyclic) bond motifs is 4. The van der Waals surface area contributed by atoms with Crippen LogP contribution in [0.25, 0.3) is 32.8 Å². The standard InChI is InChI=1S/C25H20BrNO/c1-25(2)13-20-23(21(28)14-25)22(17-9-5-6-10-19(17)26)18-12-11-15-7-3-4-8-16(15)24(18)27-20/h3-12H,13-14H2,1-2H3. The zero-order valence-electron chi connectivity index (χ0n) is 15.9. The van der Waals surface area contributed by atoms with Crippen LogP contribution in [0.4, 0.5) is 0 Å². The molecule has 3 heteroatoms. The first-order valence-corrected chi connectivity index (χ1v) is 10.4. The Morgan fingerprint density at radius 3 is 2.43 bits per heavy atom. The van der Waals surface area contributed by atoms with Crippen molar-refractivity contribution in [3.05, 3.63) is 76.4 Å². The fourth-order valence-corrected chi connectivity index (χ4v) is 4.94. The lowest BCUT2D eigenvalue weighted by atomic mass is 9.73. The van der Waals surface area contributed by atoms with E-state index in [0.29, 0.717) is 6.42 Å². The van der Waals surface area contributed by atoms with E-state index in [1.165, 1.54) is 5.39 Å². The van der Waals surface area contributed by atoms with Crippen molar-refractivity contribution in [3.8, 4) is 11.1 Å². The molecular weight excluding hydrogens is 410 g/mol. The molecule has 5 rings (SSSR count). The van der Waals surface area contributed by atoms with Crippen molar-refractivity contribution >= 4 is 43.4 Å². The summed E-state index contributed by atoms with van der Waals surface area (Å²) in [7, 11) is 0. The van der Waals surface area contributed by atoms with E-state index in [4.69, 9.17) is 4.98 Å². The van der Waals surface area contributed by atoms with Crippen LogP contribution in [0.5, 0.6) is 0 Å². The number of aromatic nitrogens is 1. The Morgan fingerprint density at radius 1 is 0.857 bits per heavy atom. The summed E-state index contributed by atoms with van der Waals surface area (Å²) < 4.78 is 0.996. The maximum absolute atomic E-state index is 13.3. The van der Waals surface area contributed by atoms with E-state index in [2.05, 4.69) is 66.2 Å². The third-order valence-corrected chi connectivity index (χ3v) is 6.35. The Bertz CT molecular complexity index is 1270. The summed E-state index contributed by atoms with van der Waals surface area (Å²) in [4.78, 5) is 18.3. The normalized spacial score (nSPS) is 15.8. The maximum atomic E-state index is 13.3. The van der Waals surface area contributed by atoms with Crippen LogP contribution in [0.1, 0.15) is 36.3 Å². The topological polar surface area (TPSA) is 30.0 Å². The van der Waals surface area contributed by atoms with Crippen LogP contribution in [0.3, 0.4) is 0 Å². The van der Waals surface area contributed by atoms with Gasteiger partial charge in [-0.25, -0.2) is 0 Å². The third-order valence-electron chi connectivity index (χ3n) is 5.66. The number of halogens is 1. The largest absolute Gasteiger partial charge is 0.294 e. The Hall–Kier alpha value is -2.52. The Labute approximate surface area is 172 Å². The van der Waals surface area contributed by atoms with Crippen LogP contribution in [0.2, 0.25) is 0 Å². The number of carbonyl (C=O) groups excluding carboxylic acids is 1. The van der Waals surface area contributed by atoms with Gasteiger partial charge < -0.3 is 0 Å². The minimum Gasteiger partial charge on any atom is -0.294 e. The van der Waals surface area contributed by atoms with Crippen molar-refractivity contribution in [1.29, 1.82) is 0 Å². The second kappa shape index (κ2) is 6.25. The molecule has 1 heterocycles. The van der Waals surface area contributed by atoms with Gasteiger partial charge in [0, 0.05) is 32.8 Å². The van der Waals surface area contributed by atoms with E-state index in [9.17, 15) is 4.79 Å². The molecule has 138 valence electrons. The number of nitrogens with zero attached hydrogens (tertiary/aromatic N) is 1. The number of Topliss-reactive ketones (excluding diaryl/α,β-unsaturated/α-hetero) is 1. The first-order chi connectivity index (χ1) is 13.4. The third kappa shape index (κ3) is 2.68. The van der Waals surface area contributed by atoms with Gasteiger partial charge in [-0.05, 0) is 28.9 Å². The van der Waals surface area contributed by atoms with E-state index >= 15 is 0 Å². The highest BCUT2D eigenvalue weighted by atomic mass is 79.9. The summed E-state index contributed by atoms with van der Waals surface area (Å²) in [6.45, 7) is 4.31. The molecule has 0 saturated heterocycles. The summed E-state index contributed by atoms with van der Waals surface area (Å²) in [5.74, 6) is 0.194. The van der Waals surface area contributed by atoms with Gasteiger partial charge in [0.05, 0.1) is 11.2 Å². The first kappa shape index (κ1) is 17.6. The van der Waals surface area contributed by atoms with Gasteiger partial charge in [-0.15, -0.1) is 0 Å². The van der Waals surface area contributed by atoms with Gasteiger partial charge in [-0.3, -0.25) is 9.78 Å². The predicted octanol–water partition coefficient (Wildman–Crippen LogP) is 6.97. The maximum Gasteiger partial charge on any atom is 0.165 e. The fourth-order valence-electron chi connectivity index (χ4n) is 4.46. The van der Waals surface area contributed by atoms with Crippen LogP contribution >= 0.6 is 15.9 Å². The van der Waals surface area contributed by atoms with E-state index in [-0.39, 0.29) is 11.2 Å². The molecule has 2 nitrogen and oxygen atoms in total.